The van der Waals surface area contributed by atoms with Crippen LogP contribution in [-0.4, -0.2) is 31.6 Å². The second-order valence-corrected chi connectivity index (χ2v) is 4.59. The maximum atomic E-state index is 10.6. The van der Waals surface area contributed by atoms with Crippen LogP contribution in [-0.2, 0) is 4.79 Å². The smallest absolute Gasteiger partial charge is 0.313 e. The van der Waals surface area contributed by atoms with Crippen LogP contribution in [0.5, 0.6) is 0 Å². The summed E-state index contributed by atoms with van der Waals surface area (Å²) >= 11 is 1.09. The van der Waals surface area contributed by atoms with E-state index < -0.39 is 5.97 Å². The van der Waals surface area contributed by atoms with E-state index in [0.29, 0.717) is 5.16 Å². The van der Waals surface area contributed by atoms with E-state index in [2.05, 4.69) is 10.2 Å². The van der Waals surface area contributed by atoms with Crippen LogP contribution in [0.25, 0.3) is 5.69 Å². The van der Waals surface area contributed by atoms with Gasteiger partial charge in [-0.05, 0) is 18.6 Å². The van der Waals surface area contributed by atoms with Crippen LogP contribution < -0.4 is 5.73 Å². The fraction of sp³-hybridized carbons (Fsp3) is 0.182. The fourth-order valence-corrected chi connectivity index (χ4v) is 2.21. The molecule has 6 nitrogen and oxygen atoms in total. The van der Waals surface area contributed by atoms with Gasteiger partial charge in [0.15, 0.2) is 5.16 Å². The number of carbonyl (C=O) groups is 1. The number of hydrogen-bond acceptors (Lipinski definition) is 5. The van der Waals surface area contributed by atoms with Gasteiger partial charge in [0.1, 0.15) is 0 Å². The molecule has 0 saturated carbocycles. The zero-order chi connectivity index (χ0) is 13.1. The number of carboxylic acid groups (broad SMARTS) is 1. The number of nitrogens with zero attached hydrogens (tertiary/aromatic N) is 3. The van der Waals surface area contributed by atoms with E-state index in [1.807, 2.05) is 31.2 Å². The summed E-state index contributed by atoms with van der Waals surface area (Å²) in [5.74, 6) is -0.737. The number of nitrogen functional groups attached to an aromatic ring is 1. The Kier molecular flexibility index (Phi) is 3.52. The van der Waals surface area contributed by atoms with E-state index in [1.165, 1.54) is 0 Å². The first-order valence-corrected chi connectivity index (χ1v) is 6.19. The van der Waals surface area contributed by atoms with Crippen molar-refractivity contribution in [1.82, 2.24) is 14.8 Å². The van der Waals surface area contributed by atoms with Gasteiger partial charge in [-0.3, -0.25) is 9.36 Å². The Labute approximate surface area is 108 Å². The van der Waals surface area contributed by atoms with Crippen molar-refractivity contribution in [2.45, 2.75) is 12.1 Å². The molecule has 1 heterocycles. The van der Waals surface area contributed by atoms with Crippen molar-refractivity contribution in [3.8, 4) is 5.69 Å². The molecule has 0 fully saturated rings. The predicted molar refractivity (Wildman–Crippen MR) is 68.9 cm³/mol. The van der Waals surface area contributed by atoms with Gasteiger partial charge >= 0.3 is 5.97 Å². The Morgan fingerprint density at radius 3 is 2.83 bits per heavy atom. The highest BCUT2D eigenvalue weighted by Crippen LogP contribution is 2.24. The zero-order valence-electron chi connectivity index (χ0n) is 9.70. The van der Waals surface area contributed by atoms with E-state index >= 15 is 0 Å². The van der Waals surface area contributed by atoms with Crippen molar-refractivity contribution in [1.29, 1.82) is 0 Å². The molecule has 0 aliphatic heterocycles. The van der Waals surface area contributed by atoms with Crippen LogP contribution in [0, 0.1) is 6.92 Å². The van der Waals surface area contributed by atoms with Crippen molar-refractivity contribution < 1.29 is 9.90 Å². The number of aryl methyl sites for hydroxylation is 1. The van der Waals surface area contributed by atoms with Gasteiger partial charge in [0.25, 0.3) is 0 Å². The summed E-state index contributed by atoms with van der Waals surface area (Å²) in [4.78, 5) is 10.6. The van der Waals surface area contributed by atoms with Gasteiger partial charge in [-0.25, -0.2) is 0 Å². The topological polar surface area (TPSA) is 94.0 Å². The van der Waals surface area contributed by atoms with E-state index in [4.69, 9.17) is 10.8 Å². The van der Waals surface area contributed by atoms with Crippen molar-refractivity contribution in [2.75, 3.05) is 11.5 Å². The van der Waals surface area contributed by atoms with Crippen LogP contribution >= 0.6 is 11.8 Å². The lowest BCUT2D eigenvalue weighted by molar-refractivity contribution is -0.133. The van der Waals surface area contributed by atoms with E-state index in [9.17, 15) is 4.79 Å². The molecule has 18 heavy (non-hydrogen) atoms. The Morgan fingerprint density at radius 1 is 1.44 bits per heavy atom. The third-order valence-corrected chi connectivity index (χ3v) is 3.25. The first-order valence-electron chi connectivity index (χ1n) is 5.21. The first kappa shape index (κ1) is 12.4. The van der Waals surface area contributed by atoms with Gasteiger partial charge in [-0.1, -0.05) is 30.0 Å². The third kappa shape index (κ3) is 2.45. The van der Waals surface area contributed by atoms with Crippen molar-refractivity contribution in [3.05, 3.63) is 29.8 Å². The monoisotopic (exact) mass is 264 g/mol. The molecular formula is C11H12N4O2S. The number of nitrogens with two attached hydrogens (primary N) is 1. The highest BCUT2D eigenvalue weighted by molar-refractivity contribution is 7.99. The fourth-order valence-electron chi connectivity index (χ4n) is 1.54. The highest BCUT2D eigenvalue weighted by atomic mass is 32.2. The predicted octanol–water partition coefficient (Wildman–Crippen LogP) is 1.33. The molecule has 0 spiro atoms. The summed E-state index contributed by atoms with van der Waals surface area (Å²) in [6.07, 6.45) is 0. The number of carboxylic acids is 1. The summed E-state index contributed by atoms with van der Waals surface area (Å²) < 4.78 is 1.66. The lowest BCUT2D eigenvalue weighted by atomic mass is 10.2. The second kappa shape index (κ2) is 5.09. The quantitative estimate of drug-likeness (QED) is 0.809. The Balaban J connectivity index is 2.41. The number of aliphatic carboxylic acids is 1. The maximum absolute atomic E-state index is 10.6. The Bertz CT molecular complexity index is 582. The number of hydrogen-bond donors (Lipinski definition) is 2. The normalized spacial score (nSPS) is 10.5. The molecular weight excluding hydrogens is 252 g/mol. The van der Waals surface area contributed by atoms with E-state index in [-0.39, 0.29) is 11.7 Å². The maximum Gasteiger partial charge on any atom is 0.313 e. The summed E-state index contributed by atoms with van der Waals surface area (Å²) in [6.45, 7) is 1.94. The van der Waals surface area contributed by atoms with E-state index in [0.717, 1.165) is 23.0 Å². The molecule has 7 heteroatoms. The average molecular weight is 264 g/mol. The van der Waals surface area contributed by atoms with Crippen molar-refractivity contribution >= 4 is 23.7 Å². The molecule has 0 radical (unpaired) electrons. The Hall–Kier alpha value is -2.02. The average Bonchev–Trinajstić information content (AvgIpc) is 2.69. The van der Waals surface area contributed by atoms with Crippen LogP contribution in [0.4, 0.5) is 5.95 Å². The molecule has 0 saturated heterocycles. The molecule has 94 valence electrons. The lowest BCUT2D eigenvalue weighted by Crippen LogP contribution is -2.05. The number of rotatable bonds is 4. The third-order valence-electron chi connectivity index (χ3n) is 2.34. The van der Waals surface area contributed by atoms with Crippen LogP contribution in [0.2, 0.25) is 0 Å². The van der Waals surface area contributed by atoms with Crippen molar-refractivity contribution in [2.24, 2.45) is 0 Å². The molecule has 0 aliphatic carbocycles. The van der Waals surface area contributed by atoms with E-state index in [1.54, 1.807) is 4.57 Å². The molecule has 2 rings (SSSR count). The minimum atomic E-state index is -0.905. The minimum Gasteiger partial charge on any atom is -0.481 e. The van der Waals surface area contributed by atoms with Crippen molar-refractivity contribution in [3.63, 3.8) is 0 Å². The molecule has 0 unspecified atom stereocenters. The van der Waals surface area contributed by atoms with Gasteiger partial charge in [-0.15, -0.1) is 10.2 Å². The molecule has 3 N–H and O–H groups in total. The SMILES string of the molecule is Cc1ccccc1-n1c(N)nnc1SCC(=O)O. The van der Waals surface area contributed by atoms with Gasteiger partial charge in [0.2, 0.25) is 5.95 Å². The van der Waals surface area contributed by atoms with Gasteiger partial charge in [-0.2, -0.15) is 0 Å². The van der Waals surface area contributed by atoms with Gasteiger partial charge in [0.05, 0.1) is 11.4 Å². The summed E-state index contributed by atoms with van der Waals surface area (Å²) in [5, 5.41) is 16.8. The van der Waals surface area contributed by atoms with Gasteiger partial charge < -0.3 is 10.8 Å². The second-order valence-electron chi connectivity index (χ2n) is 3.65. The van der Waals surface area contributed by atoms with Crippen LogP contribution in [0.15, 0.2) is 29.4 Å². The summed E-state index contributed by atoms with van der Waals surface area (Å²) in [5.41, 5.74) is 7.65. The zero-order valence-corrected chi connectivity index (χ0v) is 10.5. The van der Waals surface area contributed by atoms with Gasteiger partial charge in [0, 0.05) is 0 Å². The molecule has 0 amide bonds. The standard InChI is InChI=1S/C11H12N4O2S/c1-7-4-2-3-5-8(7)15-10(12)13-14-11(15)18-6-9(16)17/h2-5H,6H2,1H3,(H2,12,13)(H,16,17). The molecule has 0 aliphatic rings. The van der Waals surface area contributed by atoms with Crippen LogP contribution in [0.1, 0.15) is 5.56 Å². The summed E-state index contributed by atoms with van der Waals surface area (Å²) in [6, 6.07) is 7.64. The largest absolute Gasteiger partial charge is 0.481 e. The molecule has 1 aromatic carbocycles. The number of thioether (sulfide) groups is 1. The summed E-state index contributed by atoms with van der Waals surface area (Å²) in [7, 11) is 0. The highest BCUT2D eigenvalue weighted by Gasteiger charge is 2.14. The molecule has 2 aromatic rings. The lowest BCUT2D eigenvalue weighted by Gasteiger charge is -2.09. The molecule has 0 bridgehead atoms. The molecule has 1 aromatic heterocycles. The number of benzene rings is 1. The van der Waals surface area contributed by atoms with Crippen LogP contribution in [0.3, 0.4) is 0 Å². The number of anilines is 1. The first-order chi connectivity index (χ1) is 8.59. The Morgan fingerprint density at radius 2 is 2.17 bits per heavy atom. The number of aromatic nitrogens is 3. The number of para-hydroxylation sites is 1. The minimum absolute atomic E-state index is 0.0794. The molecule has 0 atom stereocenters.